The van der Waals surface area contributed by atoms with Crippen molar-refractivity contribution in [2.45, 2.75) is 26.2 Å². The summed E-state index contributed by atoms with van der Waals surface area (Å²) in [6.45, 7) is 1.29. The number of nitrogens with zero attached hydrogens (tertiary/aromatic N) is 1. The Morgan fingerprint density at radius 1 is 1.32 bits per heavy atom. The number of hydrogen-bond acceptors (Lipinski definition) is 7. The maximum atomic E-state index is 12.2. The molecule has 162 valence electrons. The van der Waals surface area contributed by atoms with Gasteiger partial charge in [0, 0.05) is 10.4 Å². The summed E-state index contributed by atoms with van der Waals surface area (Å²) >= 11 is 1.41. The van der Waals surface area contributed by atoms with Crippen molar-refractivity contribution >= 4 is 34.1 Å². The molecular weight excluding hydrogens is 418 g/mol. The molecule has 2 aromatic rings. The van der Waals surface area contributed by atoms with Gasteiger partial charge in [-0.3, -0.25) is 14.4 Å². The number of esters is 1. The van der Waals surface area contributed by atoms with Crippen molar-refractivity contribution in [1.29, 1.82) is 5.26 Å². The second kappa shape index (κ2) is 10.1. The van der Waals surface area contributed by atoms with Crippen LogP contribution in [0.25, 0.3) is 0 Å². The minimum Gasteiger partial charge on any atom is -0.497 e. The first-order valence-corrected chi connectivity index (χ1v) is 10.6. The smallest absolute Gasteiger partial charge is 0.325 e. The van der Waals surface area contributed by atoms with Crippen molar-refractivity contribution in [3.05, 3.63) is 45.8 Å². The minimum atomic E-state index is -0.744. The van der Waals surface area contributed by atoms with Gasteiger partial charge in [0.1, 0.15) is 23.4 Å². The van der Waals surface area contributed by atoms with Gasteiger partial charge >= 0.3 is 5.97 Å². The van der Waals surface area contributed by atoms with E-state index in [0.29, 0.717) is 27.8 Å². The molecule has 0 saturated heterocycles. The number of amides is 2. The number of anilines is 1. The number of nitrogens with one attached hydrogen (secondary N) is 2. The highest BCUT2D eigenvalue weighted by Gasteiger charge is 2.24. The van der Waals surface area contributed by atoms with E-state index in [-0.39, 0.29) is 6.54 Å². The highest BCUT2D eigenvalue weighted by molar-refractivity contribution is 7.16. The van der Waals surface area contributed by atoms with Gasteiger partial charge in [-0.1, -0.05) is 13.0 Å². The Balaban J connectivity index is 1.48. The fourth-order valence-corrected chi connectivity index (χ4v) is 4.71. The Kier molecular flexibility index (Phi) is 7.26. The summed E-state index contributed by atoms with van der Waals surface area (Å²) in [5.74, 6) is -0.665. The average Bonchev–Trinajstić information content (AvgIpc) is 3.11. The van der Waals surface area contributed by atoms with Gasteiger partial charge < -0.3 is 20.1 Å². The van der Waals surface area contributed by atoms with Crippen molar-refractivity contribution in [3.63, 3.8) is 0 Å². The van der Waals surface area contributed by atoms with Crippen LogP contribution in [0.1, 0.15) is 39.7 Å². The largest absolute Gasteiger partial charge is 0.497 e. The Hall–Kier alpha value is -3.38. The van der Waals surface area contributed by atoms with E-state index in [2.05, 4.69) is 23.6 Å². The topological polar surface area (TPSA) is 118 Å². The minimum absolute atomic E-state index is 0.338. The highest BCUT2D eigenvalue weighted by Crippen LogP contribution is 2.39. The van der Waals surface area contributed by atoms with Gasteiger partial charge in [-0.2, -0.15) is 5.26 Å². The quantitative estimate of drug-likeness (QED) is 0.638. The number of carbonyl (C=O) groups is 3. The molecule has 1 aromatic carbocycles. The number of ether oxygens (including phenoxy) is 2. The monoisotopic (exact) mass is 441 g/mol. The number of carbonyl (C=O) groups excluding carboxylic acids is 3. The lowest BCUT2D eigenvalue weighted by Gasteiger charge is -2.17. The first-order chi connectivity index (χ1) is 14.9. The Morgan fingerprint density at radius 2 is 2.13 bits per heavy atom. The summed E-state index contributed by atoms with van der Waals surface area (Å²) in [5, 5.41) is 15.1. The van der Waals surface area contributed by atoms with Crippen molar-refractivity contribution in [1.82, 2.24) is 5.32 Å². The number of thiophene rings is 1. The first kappa shape index (κ1) is 22.3. The molecule has 2 amide bonds. The second-order valence-electron chi connectivity index (χ2n) is 7.29. The van der Waals surface area contributed by atoms with E-state index >= 15 is 0 Å². The SMILES string of the molecule is COc1cccc(C(=O)NCC(=O)OCC(=O)Nc2sc3c(c2C#N)CC[C@H](C)C3)c1. The standard InChI is InChI=1S/C22H23N3O5S/c1-13-6-7-16-17(10-23)22(31-18(16)8-13)25-19(26)12-30-20(27)11-24-21(28)14-4-3-5-15(9-14)29-2/h3-5,9,13H,6-8,11-12H2,1-2H3,(H,24,28)(H,25,26)/t13-/m0/s1. The molecule has 8 nitrogen and oxygen atoms in total. The van der Waals surface area contributed by atoms with Crippen molar-refractivity contribution in [3.8, 4) is 11.8 Å². The summed E-state index contributed by atoms with van der Waals surface area (Å²) in [5.41, 5.74) is 1.85. The Morgan fingerprint density at radius 3 is 2.87 bits per heavy atom. The van der Waals surface area contributed by atoms with Crippen LogP contribution in [0.15, 0.2) is 24.3 Å². The molecule has 1 aliphatic rings. The third-order valence-corrected chi connectivity index (χ3v) is 6.14. The molecule has 0 radical (unpaired) electrons. The van der Waals surface area contributed by atoms with E-state index in [1.165, 1.54) is 18.4 Å². The number of fused-ring (bicyclic) bond motifs is 1. The van der Waals surface area contributed by atoms with Crippen LogP contribution in [-0.2, 0) is 27.2 Å². The summed E-state index contributed by atoms with van der Waals surface area (Å²) in [6.07, 6.45) is 2.74. The predicted molar refractivity (Wildman–Crippen MR) is 115 cm³/mol. The average molecular weight is 442 g/mol. The van der Waals surface area contributed by atoms with Crippen LogP contribution in [0.5, 0.6) is 5.75 Å². The third-order valence-electron chi connectivity index (χ3n) is 4.97. The maximum absolute atomic E-state index is 12.2. The van der Waals surface area contributed by atoms with Crippen molar-refractivity contribution < 1.29 is 23.9 Å². The number of nitriles is 1. The number of rotatable bonds is 7. The van der Waals surface area contributed by atoms with Crippen LogP contribution in [-0.4, -0.2) is 38.0 Å². The van der Waals surface area contributed by atoms with Gasteiger partial charge in [0.15, 0.2) is 6.61 Å². The van der Waals surface area contributed by atoms with E-state index in [1.807, 2.05) is 0 Å². The molecule has 0 aliphatic heterocycles. The summed E-state index contributed by atoms with van der Waals surface area (Å²) < 4.78 is 9.99. The molecule has 1 atom stereocenters. The normalized spacial score (nSPS) is 14.7. The summed E-state index contributed by atoms with van der Waals surface area (Å²) in [4.78, 5) is 37.3. The molecule has 1 heterocycles. The van der Waals surface area contributed by atoms with Crippen LogP contribution in [0.2, 0.25) is 0 Å². The zero-order chi connectivity index (χ0) is 22.4. The molecule has 0 unspecified atom stereocenters. The van der Waals surface area contributed by atoms with Crippen LogP contribution in [0.4, 0.5) is 5.00 Å². The second-order valence-corrected chi connectivity index (χ2v) is 8.40. The molecule has 0 saturated carbocycles. The molecule has 0 spiro atoms. The van der Waals surface area contributed by atoms with E-state index in [1.54, 1.807) is 24.3 Å². The lowest BCUT2D eigenvalue weighted by Crippen LogP contribution is -2.32. The van der Waals surface area contributed by atoms with Gasteiger partial charge in [0.05, 0.1) is 12.7 Å². The van der Waals surface area contributed by atoms with Gasteiger partial charge in [0.2, 0.25) is 0 Å². The summed E-state index contributed by atoms with van der Waals surface area (Å²) in [7, 11) is 1.49. The number of methoxy groups -OCH3 is 1. The lowest BCUT2D eigenvalue weighted by atomic mass is 9.89. The third kappa shape index (κ3) is 5.61. The first-order valence-electron chi connectivity index (χ1n) is 9.83. The van der Waals surface area contributed by atoms with E-state index < -0.39 is 24.4 Å². The molecule has 9 heteroatoms. The van der Waals surface area contributed by atoms with Gasteiger partial charge in [0.25, 0.3) is 11.8 Å². The Labute approximate surface area is 184 Å². The fraction of sp³-hybridized carbons (Fsp3) is 0.364. The van der Waals surface area contributed by atoms with Crippen molar-refractivity contribution in [2.24, 2.45) is 5.92 Å². The van der Waals surface area contributed by atoms with E-state index in [4.69, 9.17) is 9.47 Å². The van der Waals surface area contributed by atoms with E-state index in [0.717, 1.165) is 29.7 Å². The molecule has 0 bridgehead atoms. The van der Waals surface area contributed by atoms with Gasteiger partial charge in [-0.05, 0) is 48.9 Å². The fourth-order valence-electron chi connectivity index (χ4n) is 3.34. The van der Waals surface area contributed by atoms with Crippen LogP contribution in [0.3, 0.4) is 0 Å². The number of hydrogen-bond donors (Lipinski definition) is 2. The molecule has 1 aromatic heterocycles. The zero-order valence-corrected chi connectivity index (χ0v) is 18.1. The molecule has 31 heavy (non-hydrogen) atoms. The van der Waals surface area contributed by atoms with E-state index in [9.17, 15) is 19.6 Å². The molecule has 1 aliphatic carbocycles. The molecule has 2 N–H and O–H groups in total. The lowest BCUT2D eigenvalue weighted by molar-refractivity contribution is -0.146. The van der Waals surface area contributed by atoms with Gasteiger partial charge in [-0.25, -0.2) is 0 Å². The van der Waals surface area contributed by atoms with Gasteiger partial charge in [-0.15, -0.1) is 11.3 Å². The molecule has 0 fully saturated rings. The maximum Gasteiger partial charge on any atom is 0.325 e. The van der Waals surface area contributed by atoms with Crippen LogP contribution >= 0.6 is 11.3 Å². The Bertz CT molecular complexity index is 1040. The summed E-state index contributed by atoms with van der Waals surface area (Å²) in [6, 6.07) is 8.67. The zero-order valence-electron chi connectivity index (χ0n) is 17.3. The van der Waals surface area contributed by atoms with Crippen LogP contribution in [0, 0.1) is 17.2 Å². The molecular formula is C22H23N3O5S. The highest BCUT2D eigenvalue weighted by atomic mass is 32.1. The number of benzene rings is 1. The molecule has 3 rings (SSSR count). The van der Waals surface area contributed by atoms with Crippen molar-refractivity contribution in [2.75, 3.05) is 25.6 Å². The van der Waals surface area contributed by atoms with Crippen LogP contribution < -0.4 is 15.4 Å². The predicted octanol–water partition coefficient (Wildman–Crippen LogP) is 2.66.